The van der Waals surface area contributed by atoms with Crippen molar-refractivity contribution in [3.63, 3.8) is 0 Å². The number of hydrogen-bond acceptors (Lipinski definition) is 3. The van der Waals surface area contributed by atoms with Gasteiger partial charge in [-0.2, -0.15) is 0 Å². The van der Waals surface area contributed by atoms with Crippen molar-refractivity contribution in [1.29, 1.82) is 0 Å². The van der Waals surface area contributed by atoms with Crippen LogP contribution < -0.4 is 11.1 Å². The van der Waals surface area contributed by atoms with E-state index in [1.807, 2.05) is 0 Å². The number of hydrogen-bond donors (Lipinski definition) is 2. The van der Waals surface area contributed by atoms with Gasteiger partial charge < -0.3 is 11.1 Å². The smallest absolute Gasteiger partial charge is 0.253 e. The molecular formula is C11H13ClN2O2. The first-order valence-corrected chi connectivity index (χ1v) is 5.27. The summed E-state index contributed by atoms with van der Waals surface area (Å²) < 4.78 is 0. The molecule has 16 heavy (non-hydrogen) atoms. The van der Waals surface area contributed by atoms with Crippen molar-refractivity contribution in [2.75, 3.05) is 12.3 Å². The summed E-state index contributed by atoms with van der Waals surface area (Å²) in [4.78, 5) is 22.7. The average Bonchev–Trinajstić information content (AvgIpc) is 2.28. The zero-order chi connectivity index (χ0) is 12.1. The first-order chi connectivity index (χ1) is 7.54. The molecule has 0 aliphatic carbocycles. The molecular weight excluding hydrogens is 228 g/mol. The number of halogens is 1. The SMILES string of the molecule is CCC(=O)CNC(=O)c1cc(N)ccc1Cl. The molecule has 0 atom stereocenters. The molecule has 0 aliphatic heterocycles. The monoisotopic (exact) mass is 240 g/mol. The second kappa shape index (κ2) is 5.51. The molecule has 0 spiro atoms. The van der Waals surface area contributed by atoms with E-state index >= 15 is 0 Å². The Morgan fingerprint density at radius 3 is 2.75 bits per heavy atom. The fourth-order valence-corrected chi connectivity index (χ4v) is 1.32. The molecule has 5 heteroatoms. The highest BCUT2D eigenvalue weighted by molar-refractivity contribution is 6.34. The maximum atomic E-state index is 11.6. The number of nitrogens with two attached hydrogens (primary N) is 1. The van der Waals surface area contributed by atoms with Crippen LogP contribution >= 0.6 is 11.6 Å². The third-order valence-electron chi connectivity index (χ3n) is 2.08. The number of carbonyl (C=O) groups is 2. The van der Waals surface area contributed by atoms with Crippen molar-refractivity contribution in [2.45, 2.75) is 13.3 Å². The number of benzene rings is 1. The van der Waals surface area contributed by atoms with Crippen molar-refractivity contribution < 1.29 is 9.59 Å². The highest BCUT2D eigenvalue weighted by Gasteiger charge is 2.11. The number of ketones is 1. The minimum absolute atomic E-state index is 0.0143. The van der Waals surface area contributed by atoms with E-state index in [9.17, 15) is 9.59 Å². The van der Waals surface area contributed by atoms with Gasteiger partial charge in [0.05, 0.1) is 17.1 Å². The number of amides is 1. The van der Waals surface area contributed by atoms with Gasteiger partial charge >= 0.3 is 0 Å². The Kier molecular flexibility index (Phi) is 4.31. The van der Waals surface area contributed by atoms with Crippen LogP contribution in [0.1, 0.15) is 23.7 Å². The van der Waals surface area contributed by atoms with E-state index in [2.05, 4.69) is 5.32 Å². The van der Waals surface area contributed by atoms with Crippen molar-refractivity contribution in [2.24, 2.45) is 0 Å². The number of rotatable bonds is 4. The summed E-state index contributed by atoms with van der Waals surface area (Å²) in [6.45, 7) is 1.75. The van der Waals surface area contributed by atoms with Crippen molar-refractivity contribution in [3.8, 4) is 0 Å². The number of nitrogen functional groups attached to an aromatic ring is 1. The maximum absolute atomic E-state index is 11.6. The van der Waals surface area contributed by atoms with Crippen LogP contribution in [0.3, 0.4) is 0 Å². The molecule has 0 aliphatic rings. The Morgan fingerprint density at radius 1 is 1.44 bits per heavy atom. The fourth-order valence-electron chi connectivity index (χ4n) is 1.12. The van der Waals surface area contributed by atoms with Crippen LogP contribution in [0.25, 0.3) is 0 Å². The molecule has 1 rings (SSSR count). The van der Waals surface area contributed by atoms with Gasteiger partial charge in [-0.1, -0.05) is 18.5 Å². The van der Waals surface area contributed by atoms with E-state index in [-0.39, 0.29) is 23.8 Å². The molecule has 0 saturated heterocycles. The van der Waals surface area contributed by atoms with Crippen LogP contribution in [-0.4, -0.2) is 18.2 Å². The molecule has 0 aromatic heterocycles. The van der Waals surface area contributed by atoms with Gasteiger partial charge in [0.2, 0.25) is 0 Å². The highest BCUT2D eigenvalue weighted by Crippen LogP contribution is 2.18. The molecule has 0 saturated carbocycles. The van der Waals surface area contributed by atoms with Gasteiger partial charge in [-0.25, -0.2) is 0 Å². The number of anilines is 1. The predicted molar refractivity (Wildman–Crippen MR) is 63.5 cm³/mol. The molecule has 0 fully saturated rings. The van der Waals surface area contributed by atoms with E-state index in [4.69, 9.17) is 17.3 Å². The first kappa shape index (κ1) is 12.5. The van der Waals surface area contributed by atoms with E-state index in [1.165, 1.54) is 6.07 Å². The lowest BCUT2D eigenvalue weighted by molar-refractivity contribution is -0.117. The summed E-state index contributed by atoms with van der Waals surface area (Å²) in [7, 11) is 0. The molecule has 0 radical (unpaired) electrons. The third kappa shape index (κ3) is 3.24. The van der Waals surface area contributed by atoms with E-state index in [1.54, 1.807) is 19.1 Å². The highest BCUT2D eigenvalue weighted by atomic mass is 35.5. The van der Waals surface area contributed by atoms with E-state index in [0.29, 0.717) is 17.1 Å². The Hall–Kier alpha value is -1.55. The summed E-state index contributed by atoms with van der Waals surface area (Å²) in [5.41, 5.74) is 6.28. The number of Topliss-reactive ketones (excluding diaryl/α,β-unsaturated/α-hetero) is 1. The molecule has 86 valence electrons. The molecule has 1 amide bonds. The predicted octanol–water partition coefficient (Wildman–Crippen LogP) is 1.63. The Bertz CT molecular complexity index is 418. The van der Waals surface area contributed by atoms with Gasteiger partial charge in [0.1, 0.15) is 0 Å². The van der Waals surface area contributed by atoms with E-state index < -0.39 is 0 Å². The van der Waals surface area contributed by atoms with Crippen LogP contribution in [0, 0.1) is 0 Å². The van der Waals surface area contributed by atoms with Crippen LogP contribution in [0.4, 0.5) is 5.69 Å². The molecule has 0 bridgehead atoms. The minimum atomic E-state index is -0.390. The summed E-state index contributed by atoms with van der Waals surface area (Å²) in [5.74, 6) is -0.424. The molecule has 1 aromatic rings. The van der Waals surface area contributed by atoms with E-state index in [0.717, 1.165) is 0 Å². The van der Waals surface area contributed by atoms with Crippen molar-refractivity contribution in [1.82, 2.24) is 5.32 Å². The normalized spacial score (nSPS) is 9.88. The second-order valence-electron chi connectivity index (χ2n) is 3.31. The third-order valence-corrected chi connectivity index (χ3v) is 2.41. The zero-order valence-electron chi connectivity index (χ0n) is 8.92. The lowest BCUT2D eigenvalue weighted by atomic mass is 10.2. The fraction of sp³-hybridized carbons (Fsp3) is 0.273. The number of carbonyl (C=O) groups excluding carboxylic acids is 2. The molecule has 4 nitrogen and oxygen atoms in total. The summed E-state index contributed by atoms with van der Waals surface area (Å²) in [6, 6.07) is 4.64. The standard InChI is InChI=1S/C11H13ClN2O2/c1-2-8(15)6-14-11(16)9-5-7(13)3-4-10(9)12/h3-5H,2,6,13H2,1H3,(H,14,16). The first-order valence-electron chi connectivity index (χ1n) is 4.89. The zero-order valence-corrected chi connectivity index (χ0v) is 9.67. The van der Waals surface area contributed by atoms with Gasteiger partial charge in [-0.15, -0.1) is 0 Å². The maximum Gasteiger partial charge on any atom is 0.253 e. The summed E-state index contributed by atoms with van der Waals surface area (Å²) >= 11 is 5.84. The lowest BCUT2D eigenvalue weighted by Gasteiger charge is -2.06. The Labute approximate surface area is 98.8 Å². The average molecular weight is 241 g/mol. The molecule has 0 heterocycles. The molecule has 0 unspecified atom stereocenters. The van der Waals surface area contributed by atoms with Crippen molar-refractivity contribution in [3.05, 3.63) is 28.8 Å². The van der Waals surface area contributed by atoms with Gasteiger partial charge in [0.15, 0.2) is 5.78 Å². The molecule has 3 N–H and O–H groups in total. The summed E-state index contributed by atoms with van der Waals surface area (Å²) in [6.07, 6.45) is 0.394. The Balaban J connectivity index is 2.73. The Morgan fingerprint density at radius 2 is 2.12 bits per heavy atom. The quantitative estimate of drug-likeness (QED) is 0.786. The van der Waals surface area contributed by atoms with Crippen LogP contribution in [-0.2, 0) is 4.79 Å². The second-order valence-corrected chi connectivity index (χ2v) is 3.72. The van der Waals surface area contributed by atoms with Crippen molar-refractivity contribution >= 4 is 29.0 Å². The number of nitrogens with one attached hydrogen (secondary N) is 1. The largest absolute Gasteiger partial charge is 0.399 e. The van der Waals surface area contributed by atoms with Gasteiger partial charge in [0, 0.05) is 12.1 Å². The van der Waals surface area contributed by atoms with Gasteiger partial charge in [0.25, 0.3) is 5.91 Å². The minimum Gasteiger partial charge on any atom is -0.399 e. The van der Waals surface area contributed by atoms with Crippen LogP contribution in [0.15, 0.2) is 18.2 Å². The van der Waals surface area contributed by atoms with Gasteiger partial charge in [-0.05, 0) is 18.2 Å². The van der Waals surface area contributed by atoms with Crippen LogP contribution in [0.5, 0.6) is 0 Å². The molecule has 1 aromatic carbocycles. The van der Waals surface area contributed by atoms with Gasteiger partial charge in [-0.3, -0.25) is 9.59 Å². The summed E-state index contributed by atoms with van der Waals surface area (Å²) in [5, 5.41) is 2.80. The topological polar surface area (TPSA) is 72.2 Å². The lowest BCUT2D eigenvalue weighted by Crippen LogP contribution is -2.29. The van der Waals surface area contributed by atoms with Crippen LogP contribution in [0.2, 0.25) is 5.02 Å².